The van der Waals surface area contributed by atoms with E-state index < -0.39 is 0 Å². The molecule has 0 aliphatic heterocycles. The van der Waals surface area contributed by atoms with Gasteiger partial charge in [-0.2, -0.15) is 11.3 Å². The summed E-state index contributed by atoms with van der Waals surface area (Å²) in [7, 11) is 0. The molecule has 100 valence electrons. The Morgan fingerprint density at radius 1 is 1.28 bits per heavy atom. The first-order valence-electron chi connectivity index (χ1n) is 7.01. The summed E-state index contributed by atoms with van der Waals surface area (Å²) in [6, 6.07) is 2.11. The molecule has 2 rings (SSSR count). The number of nitrogens with two attached hydrogens (primary N) is 1. The normalized spacial score (nSPS) is 19.4. The molecule has 18 heavy (non-hydrogen) atoms. The van der Waals surface area contributed by atoms with Crippen LogP contribution in [0.2, 0.25) is 0 Å². The first kappa shape index (κ1) is 13.8. The summed E-state index contributed by atoms with van der Waals surface area (Å²) in [4.78, 5) is 12.5. The summed E-state index contributed by atoms with van der Waals surface area (Å²) in [6.07, 6.45) is 8.41. The van der Waals surface area contributed by atoms with Crippen molar-refractivity contribution >= 4 is 17.1 Å². The van der Waals surface area contributed by atoms with Crippen LogP contribution in [-0.4, -0.2) is 12.3 Å². The lowest BCUT2D eigenvalue weighted by Gasteiger charge is -2.29. The van der Waals surface area contributed by atoms with Crippen LogP contribution in [0.15, 0.2) is 16.8 Å². The average Bonchev–Trinajstić information content (AvgIpc) is 2.79. The van der Waals surface area contributed by atoms with Crippen molar-refractivity contribution in [2.24, 2.45) is 11.1 Å². The third-order valence-electron chi connectivity index (χ3n) is 4.26. The van der Waals surface area contributed by atoms with Crippen molar-refractivity contribution in [3.63, 3.8) is 0 Å². The molecule has 2 nitrogen and oxygen atoms in total. The third-order valence-corrected chi connectivity index (χ3v) is 5.00. The summed E-state index contributed by atoms with van der Waals surface area (Å²) < 4.78 is 0. The monoisotopic (exact) mass is 265 g/mol. The van der Waals surface area contributed by atoms with Crippen molar-refractivity contribution < 1.29 is 4.79 Å². The van der Waals surface area contributed by atoms with Crippen molar-refractivity contribution in [3.05, 3.63) is 22.4 Å². The van der Waals surface area contributed by atoms with Crippen LogP contribution >= 0.6 is 11.3 Å². The summed E-state index contributed by atoms with van der Waals surface area (Å²) in [5, 5.41) is 4.21. The molecule has 0 bridgehead atoms. The van der Waals surface area contributed by atoms with Crippen molar-refractivity contribution in [1.29, 1.82) is 0 Å². The van der Waals surface area contributed by atoms with Gasteiger partial charge in [-0.1, -0.05) is 25.7 Å². The van der Waals surface area contributed by atoms with Gasteiger partial charge in [0, 0.05) is 18.4 Å². The minimum atomic E-state index is -0.202. The molecule has 0 aromatic carbocycles. The van der Waals surface area contributed by atoms with Gasteiger partial charge in [-0.25, -0.2) is 0 Å². The predicted octanol–water partition coefficient (Wildman–Crippen LogP) is 3.55. The molecule has 0 saturated heterocycles. The number of carbonyl (C=O) groups excluding carboxylic acids is 1. The minimum absolute atomic E-state index is 0.202. The Balaban J connectivity index is 1.95. The number of hydrogen-bond acceptors (Lipinski definition) is 3. The van der Waals surface area contributed by atoms with Gasteiger partial charge in [0.1, 0.15) is 5.78 Å². The van der Waals surface area contributed by atoms with E-state index in [0.717, 1.165) is 19.3 Å². The van der Waals surface area contributed by atoms with Gasteiger partial charge in [-0.05, 0) is 41.7 Å². The summed E-state index contributed by atoms with van der Waals surface area (Å²) in [5.74, 6) is 0.401. The Bertz CT molecular complexity index is 364. The maximum absolute atomic E-state index is 12.5. The topological polar surface area (TPSA) is 43.1 Å². The maximum Gasteiger partial charge on any atom is 0.140 e. The van der Waals surface area contributed by atoms with E-state index in [9.17, 15) is 4.79 Å². The van der Waals surface area contributed by atoms with Crippen LogP contribution in [0.1, 0.15) is 50.5 Å². The quantitative estimate of drug-likeness (QED) is 0.827. The van der Waals surface area contributed by atoms with Gasteiger partial charge in [0.15, 0.2) is 0 Å². The fourth-order valence-corrected chi connectivity index (χ4v) is 3.66. The summed E-state index contributed by atoms with van der Waals surface area (Å²) >= 11 is 1.70. The molecular weight excluding hydrogens is 242 g/mol. The highest BCUT2D eigenvalue weighted by Gasteiger charge is 2.36. The fraction of sp³-hybridized carbons (Fsp3) is 0.667. The second-order valence-electron chi connectivity index (χ2n) is 5.45. The number of thiophene rings is 1. The highest BCUT2D eigenvalue weighted by atomic mass is 32.1. The van der Waals surface area contributed by atoms with Gasteiger partial charge in [0.05, 0.1) is 0 Å². The Morgan fingerprint density at radius 2 is 2.00 bits per heavy atom. The molecule has 0 atom stereocenters. The van der Waals surface area contributed by atoms with Crippen LogP contribution in [0.4, 0.5) is 0 Å². The lowest BCUT2D eigenvalue weighted by atomic mass is 9.75. The molecule has 1 aliphatic carbocycles. The standard InChI is InChI=1S/C15H23NOS/c16-12-15(8-3-1-2-4-9-15)14(17)6-5-13-7-10-18-11-13/h7,10-11H,1-6,8-9,12,16H2. The number of rotatable bonds is 5. The van der Waals surface area contributed by atoms with E-state index in [2.05, 4.69) is 16.8 Å². The van der Waals surface area contributed by atoms with Crippen LogP contribution in [0.3, 0.4) is 0 Å². The number of Topliss-reactive ketones (excluding diaryl/α,β-unsaturated/α-hetero) is 1. The molecule has 1 aromatic rings. The zero-order chi connectivity index (χ0) is 12.8. The summed E-state index contributed by atoms with van der Waals surface area (Å²) in [5.41, 5.74) is 7.02. The number of aryl methyl sites for hydroxylation is 1. The molecule has 1 aromatic heterocycles. The first-order valence-corrected chi connectivity index (χ1v) is 7.96. The molecule has 0 unspecified atom stereocenters. The van der Waals surface area contributed by atoms with E-state index in [4.69, 9.17) is 5.73 Å². The molecule has 0 spiro atoms. The van der Waals surface area contributed by atoms with E-state index in [1.165, 1.54) is 31.2 Å². The fourth-order valence-electron chi connectivity index (χ4n) is 2.96. The van der Waals surface area contributed by atoms with Crippen LogP contribution in [0, 0.1) is 5.41 Å². The Morgan fingerprint density at radius 3 is 2.56 bits per heavy atom. The van der Waals surface area contributed by atoms with Gasteiger partial charge in [-0.15, -0.1) is 0 Å². The zero-order valence-electron chi connectivity index (χ0n) is 11.0. The second-order valence-corrected chi connectivity index (χ2v) is 6.23. The largest absolute Gasteiger partial charge is 0.329 e. The van der Waals surface area contributed by atoms with Gasteiger partial charge in [-0.3, -0.25) is 4.79 Å². The second kappa shape index (κ2) is 6.48. The maximum atomic E-state index is 12.5. The van der Waals surface area contributed by atoms with E-state index in [1.54, 1.807) is 11.3 Å². The lowest BCUT2D eigenvalue weighted by Crippen LogP contribution is -2.38. The van der Waals surface area contributed by atoms with Crippen LogP contribution in [0.25, 0.3) is 0 Å². The molecule has 2 N–H and O–H groups in total. The van der Waals surface area contributed by atoms with Gasteiger partial charge in [0.25, 0.3) is 0 Å². The van der Waals surface area contributed by atoms with E-state index >= 15 is 0 Å². The van der Waals surface area contributed by atoms with Crippen LogP contribution < -0.4 is 5.73 Å². The number of ketones is 1. The summed E-state index contributed by atoms with van der Waals surface area (Å²) in [6.45, 7) is 0.537. The van der Waals surface area contributed by atoms with Crippen molar-refractivity contribution in [2.75, 3.05) is 6.54 Å². The van der Waals surface area contributed by atoms with E-state index in [1.807, 2.05) is 0 Å². The minimum Gasteiger partial charge on any atom is -0.329 e. The Labute approximate surface area is 114 Å². The first-order chi connectivity index (χ1) is 8.77. The average molecular weight is 265 g/mol. The SMILES string of the molecule is NCC1(C(=O)CCc2ccsc2)CCCCCC1. The van der Waals surface area contributed by atoms with Crippen molar-refractivity contribution in [2.45, 2.75) is 51.4 Å². The van der Waals surface area contributed by atoms with Crippen LogP contribution in [0.5, 0.6) is 0 Å². The van der Waals surface area contributed by atoms with Gasteiger partial charge < -0.3 is 5.73 Å². The molecule has 1 heterocycles. The molecule has 1 aliphatic rings. The Kier molecular flexibility index (Phi) is 4.95. The van der Waals surface area contributed by atoms with Gasteiger partial charge >= 0.3 is 0 Å². The third kappa shape index (κ3) is 3.21. The smallest absolute Gasteiger partial charge is 0.140 e. The highest BCUT2D eigenvalue weighted by molar-refractivity contribution is 7.07. The highest BCUT2D eigenvalue weighted by Crippen LogP contribution is 2.36. The lowest BCUT2D eigenvalue weighted by molar-refractivity contribution is -0.129. The Hall–Kier alpha value is -0.670. The molecule has 1 fully saturated rings. The molecule has 3 heteroatoms. The number of carbonyl (C=O) groups is 1. The van der Waals surface area contributed by atoms with Crippen molar-refractivity contribution in [1.82, 2.24) is 0 Å². The predicted molar refractivity (Wildman–Crippen MR) is 76.8 cm³/mol. The molecule has 0 amide bonds. The van der Waals surface area contributed by atoms with Gasteiger partial charge in [0.2, 0.25) is 0 Å². The number of hydrogen-bond donors (Lipinski definition) is 1. The van der Waals surface area contributed by atoms with Crippen molar-refractivity contribution in [3.8, 4) is 0 Å². The molecular formula is C15H23NOS. The molecule has 0 radical (unpaired) electrons. The van der Waals surface area contributed by atoms with E-state index in [-0.39, 0.29) is 5.41 Å². The molecule has 1 saturated carbocycles. The zero-order valence-corrected chi connectivity index (χ0v) is 11.8. The van der Waals surface area contributed by atoms with Crippen LogP contribution in [-0.2, 0) is 11.2 Å². The van der Waals surface area contributed by atoms with E-state index in [0.29, 0.717) is 18.7 Å².